The lowest BCUT2D eigenvalue weighted by atomic mass is 9.98. The van der Waals surface area contributed by atoms with Crippen LogP contribution in [0.25, 0.3) is 33.5 Å². The standard InChI is InChI=1S/C46H52N10O9S2/c1-29(49-45(57)65-46(2,3)4)25-48-66(58,59)39-24-23-36(37-9-8-10-38-41(37)51-44(47)50-38)40(43-52-54-56(53-43)28-32-15-21-35(64-7)22-16-32)42(39)67(60,61)55(26-30-11-17-33(62-5)18-12-30)27-31-13-19-34(63-6)20-14-31/h8-24,29,48H,25-28H2,1-7H3,(H,49,57)(H3,47,50,51)/t29-/m0/s1. The van der Waals surface area contributed by atoms with E-state index in [1.165, 1.54) is 35.5 Å². The summed E-state index contributed by atoms with van der Waals surface area (Å²) in [4.78, 5) is 20.2. The van der Waals surface area contributed by atoms with Crippen LogP contribution >= 0.6 is 0 Å². The third kappa shape index (κ3) is 11.3. The number of hydrogen-bond acceptors (Lipinski definition) is 14. The van der Waals surface area contributed by atoms with Gasteiger partial charge < -0.3 is 35.0 Å². The van der Waals surface area contributed by atoms with Crippen LogP contribution in [0.1, 0.15) is 44.4 Å². The third-order valence-corrected chi connectivity index (χ3v) is 13.8. The number of imidazole rings is 1. The Morgan fingerprint density at radius 1 is 0.791 bits per heavy atom. The first kappa shape index (κ1) is 47.9. The number of aromatic amines is 1. The van der Waals surface area contributed by atoms with Gasteiger partial charge in [-0.05, 0) is 104 Å². The van der Waals surface area contributed by atoms with Gasteiger partial charge in [0.25, 0.3) is 0 Å². The van der Waals surface area contributed by atoms with E-state index in [1.807, 2.05) is 12.1 Å². The van der Waals surface area contributed by atoms with E-state index in [4.69, 9.17) is 29.8 Å². The molecule has 5 aromatic carbocycles. The number of hydrogen-bond donors (Lipinski definition) is 4. The molecule has 7 aromatic rings. The molecular formula is C46H52N10O9S2. The molecule has 352 valence electrons. The van der Waals surface area contributed by atoms with Gasteiger partial charge in [0, 0.05) is 31.2 Å². The Labute approximate surface area is 388 Å². The minimum Gasteiger partial charge on any atom is -0.497 e. The summed E-state index contributed by atoms with van der Waals surface area (Å²) < 4.78 is 87.0. The second kappa shape index (κ2) is 19.8. The number of carbonyl (C=O) groups excluding carboxylic acids is 1. The summed E-state index contributed by atoms with van der Waals surface area (Å²) >= 11 is 0. The van der Waals surface area contributed by atoms with Crippen LogP contribution < -0.4 is 30.0 Å². The second-order valence-corrected chi connectivity index (χ2v) is 20.1. The summed E-state index contributed by atoms with van der Waals surface area (Å²) in [7, 11) is -5.13. The first-order valence-corrected chi connectivity index (χ1v) is 23.9. The predicted octanol–water partition coefficient (Wildman–Crippen LogP) is 6.12. The molecule has 0 spiro atoms. The number of rotatable bonds is 18. The number of carbonyl (C=O) groups is 1. The Balaban J connectivity index is 1.46. The van der Waals surface area contributed by atoms with Crippen LogP contribution in [0, 0.1) is 0 Å². The van der Waals surface area contributed by atoms with E-state index in [9.17, 15) is 13.2 Å². The van der Waals surface area contributed by atoms with E-state index < -0.39 is 47.6 Å². The molecule has 21 heteroatoms. The molecule has 2 heterocycles. The molecule has 0 unspecified atom stereocenters. The van der Waals surface area contributed by atoms with Crippen molar-refractivity contribution in [2.75, 3.05) is 33.6 Å². The molecule has 0 aliphatic carbocycles. The Morgan fingerprint density at radius 2 is 1.36 bits per heavy atom. The zero-order chi connectivity index (χ0) is 48.1. The fraction of sp³-hybridized carbons (Fsp3) is 0.283. The second-order valence-electron chi connectivity index (χ2n) is 16.5. The van der Waals surface area contributed by atoms with Gasteiger partial charge >= 0.3 is 6.09 Å². The lowest BCUT2D eigenvalue weighted by Gasteiger charge is -2.26. The molecule has 67 heavy (non-hydrogen) atoms. The SMILES string of the molecule is COc1ccc(CN(Cc2ccc(OC)cc2)S(=O)(=O)c2c(S(=O)(=O)NC[C@H](C)NC(=O)OC(C)(C)C)ccc(-c3cccc4[nH]c(N)nc34)c2-c2nnn(Cc3ccc(OC)cc3)n2)cc1. The van der Waals surface area contributed by atoms with E-state index in [0.29, 0.717) is 45.0 Å². The van der Waals surface area contributed by atoms with Crippen molar-refractivity contribution in [3.63, 3.8) is 0 Å². The highest BCUT2D eigenvalue weighted by atomic mass is 32.2. The first-order chi connectivity index (χ1) is 31.9. The number of benzene rings is 5. The highest BCUT2D eigenvalue weighted by Gasteiger charge is 2.38. The molecule has 0 saturated carbocycles. The molecule has 0 saturated heterocycles. The minimum atomic E-state index is -4.96. The molecule has 0 bridgehead atoms. The monoisotopic (exact) mass is 952 g/mol. The molecule has 0 fully saturated rings. The molecule has 0 aliphatic rings. The van der Waals surface area contributed by atoms with E-state index in [1.54, 1.807) is 114 Å². The average molecular weight is 953 g/mol. The fourth-order valence-electron chi connectivity index (χ4n) is 7.15. The number of nitrogens with one attached hydrogen (secondary N) is 3. The van der Waals surface area contributed by atoms with Crippen LogP contribution in [0.3, 0.4) is 0 Å². The Hall–Kier alpha value is -7.07. The lowest BCUT2D eigenvalue weighted by Crippen LogP contribution is -2.44. The van der Waals surface area contributed by atoms with E-state index >= 15 is 8.42 Å². The Kier molecular flexibility index (Phi) is 14.2. The first-order valence-electron chi connectivity index (χ1n) is 21.0. The number of H-pyrrole nitrogens is 1. The van der Waals surface area contributed by atoms with Crippen molar-refractivity contribution in [1.82, 2.24) is 44.5 Å². The molecule has 0 radical (unpaired) electrons. The summed E-state index contributed by atoms with van der Waals surface area (Å²) in [6.45, 7) is 6.01. The zero-order valence-corrected chi connectivity index (χ0v) is 39.6. The summed E-state index contributed by atoms with van der Waals surface area (Å²) in [6.07, 6.45) is -0.765. The number of alkyl carbamates (subject to hydrolysis) is 1. The van der Waals surface area contributed by atoms with Crippen LogP contribution in [0.5, 0.6) is 17.2 Å². The van der Waals surface area contributed by atoms with Gasteiger partial charge in [-0.25, -0.2) is 31.3 Å². The van der Waals surface area contributed by atoms with E-state index in [0.717, 1.165) is 5.56 Å². The third-order valence-electron chi connectivity index (χ3n) is 10.4. The van der Waals surface area contributed by atoms with Gasteiger partial charge in [0.2, 0.25) is 25.9 Å². The van der Waals surface area contributed by atoms with Crippen LogP contribution in [-0.2, 0) is 44.4 Å². The summed E-state index contributed by atoms with van der Waals surface area (Å²) in [5.74, 6) is 1.64. The Bertz CT molecular complexity index is 3030. The van der Waals surface area contributed by atoms with Crippen molar-refractivity contribution < 1.29 is 40.6 Å². The molecule has 7 rings (SSSR count). The van der Waals surface area contributed by atoms with Gasteiger partial charge in [0.1, 0.15) is 32.6 Å². The van der Waals surface area contributed by atoms with Gasteiger partial charge in [-0.3, -0.25) is 0 Å². The van der Waals surface area contributed by atoms with Crippen molar-refractivity contribution >= 4 is 43.1 Å². The number of nitrogens with zero attached hydrogens (tertiary/aromatic N) is 6. The normalized spacial score (nSPS) is 12.5. The highest BCUT2D eigenvalue weighted by molar-refractivity contribution is 7.92. The molecule has 5 N–H and O–H groups in total. The van der Waals surface area contributed by atoms with Crippen LogP contribution in [0.4, 0.5) is 10.7 Å². The van der Waals surface area contributed by atoms with Gasteiger partial charge in [0.05, 0.1) is 44.5 Å². The number of fused-ring (bicyclic) bond motifs is 1. The van der Waals surface area contributed by atoms with Crippen molar-refractivity contribution in [2.45, 2.75) is 68.8 Å². The Morgan fingerprint density at radius 3 is 1.91 bits per heavy atom. The lowest BCUT2D eigenvalue weighted by molar-refractivity contribution is 0.0509. The quantitative estimate of drug-likeness (QED) is 0.0757. The van der Waals surface area contributed by atoms with Crippen LogP contribution in [0.15, 0.2) is 113 Å². The molecule has 19 nitrogen and oxygen atoms in total. The van der Waals surface area contributed by atoms with Crippen molar-refractivity contribution in [2.24, 2.45) is 0 Å². The van der Waals surface area contributed by atoms with Gasteiger partial charge in [-0.2, -0.15) is 9.10 Å². The van der Waals surface area contributed by atoms with Crippen molar-refractivity contribution in [1.29, 1.82) is 0 Å². The van der Waals surface area contributed by atoms with Crippen molar-refractivity contribution in [3.8, 4) is 39.8 Å². The number of anilines is 1. The number of aromatic nitrogens is 6. The number of amides is 1. The van der Waals surface area contributed by atoms with E-state index in [-0.39, 0.29) is 49.1 Å². The molecule has 1 amide bonds. The molecule has 0 aliphatic heterocycles. The maximum atomic E-state index is 16.0. The molecular weight excluding hydrogens is 901 g/mol. The number of tetrazole rings is 1. The molecule has 1 atom stereocenters. The highest BCUT2D eigenvalue weighted by Crippen LogP contribution is 2.43. The summed E-state index contributed by atoms with van der Waals surface area (Å²) in [5, 5.41) is 16.1. The average Bonchev–Trinajstić information content (AvgIpc) is 3.93. The van der Waals surface area contributed by atoms with Gasteiger partial charge in [-0.15, -0.1) is 10.2 Å². The van der Waals surface area contributed by atoms with Gasteiger partial charge in [-0.1, -0.05) is 54.6 Å². The smallest absolute Gasteiger partial charge is 0.407 e. The fourth-order valence-corrected chi connectivity index (χ4v) is 10.7. The van der Waals surface area contributed by atoms with E-state index in [2.05, 4.69) is 30.3 Å². The summed E-state index contributed by atoms with van der Waals surface area (Å²) in [5.41, 5.74) is 8.59. The number of ether oxygens (including phenoxy) is 4. The molecule has 2 aromatic heterocycles. The number of nitrogens with two attached hydrogens (primary N) is 1. The number of sulfonamides is 2. The van der Waals surface area contributed by atoms with Crippen molar-refractivity contribution in [3.05, 3.63) is 120 Å². The zero-order valence-electron chi connectivity index (χ0n) is 38.0. The minimum absolute atomic E-state index is 0.100. The maximum absolute atomic E-state index is 16.0. The predicted molar refractivity (Wildman–Crippen MR) is 251 cm³/mol. The topological polar surface area (TPSA) is 248 Å². The number of nitrogen functional groups attached to an aromatic ring is 1. The maximum Gasteiger partial charge on any atom is 0.407 e. The number of para-hydroxylation sites is 1. The largest absolute Gasteiger partial charge is 0.497 e. The summed E-state index contributed by atoms with van der Waals surface area (Å²) in [6, 6.07) is 28.0. The van der Waals surface area contributed by atoms with Gasteiger partial charge in [0.15, 0.2) is 5.95 Å². The van der Waals surface area contributed by atoms with Crippen LogP contribution in [-0.4, -0.2) is 96.9 Å². The van der Waals surface area contributed by atoms with Crippen LogP contribution in [0.2, 0.25) is 0 Å². The number of methoxy groups -OCH3 is 3.